The second-order valence-electron chi connectivity index (χ2n) is 0.502. The molecule has 7 nitrogen and oxygen atoms in total. The predicted molar refractivity (Wildman–Crippen MR) is 50.5 cm³/mol. The van der Waals surface area contributed by atoms with Crippen LogP contribution < -0.4 is 0 Å². The second-order valence-corrected chi connectivity index (χ2v) is 1.21. The van der Waals surface area contributed by atoms with E-state index in [1.54, 1.807) is 10.7 Å². The molecule has 0 aromatic carbocycles. The van der Waals surface area contributed by atoms with Crippen LogP contribution in [-0.2, 0) is 19.9 Å². The topological polar surface area (TPSA) is 94.4 Å². The van der Waals surface area contributed by atoms with Gasteiger partial charge in [-0.15, -0.1) is 9.81 Å². The Morgan fingerprint density at radius 1 is 0.833 bits per heavy atom. The fourth-order valence-corrected chi connectivity index (χ4v) is 0.190. The summed E-state index contributed by atoms with van der Waals surface area (Å²) in [6.45, 7) is 0. The van der Waals surface area contributed by atoms with Crippen LogP contribution >= 0.6 is 0 Å². The van der Waals surface area contributed by atoms with E-state index in [0.29, 0.717) is 0 Å². The molecule has 0 amide bonds. The van der Waals surface area contributed by atoms with Gasteiger partial charge in [0, 0.05) is 0 Å². The zero-order chi connectivity index (χ0) is 6.41. The van der Waals surface area contributed by atoms with Crippen molar-refractivity contribution in [3.63, 3.8) is 0 Å². The fraction of sp³-hybridized carbons (Fsp3) is 0. The van der Waals surface area contributed by atoms with Gasteiger partial charge in [-0.3, -0.25) is 0 Å². The maximum absolute atomic E-state index is 9.72. The molecule has 0 heterocycles. The summed E-state index contributed by atoms with van der Waals surface area (Å²) in [5.41, 5.74) is 0. The molecule has 12 heteroatoms. The molecule has 12 heavy (non-hydrogen) atoms. The van der Waals surface area contributed by atoms with E-state index in [9.17, 15) is 4.21 Å². The van der Waals surface area contributed by atoms with Gasteiger partial charge in [-0.25, -0.2) is 8.57 Å². The molecule has 0 saturated heterocycles. The number of hydrogen-bond acceptors (Lipinski definition) is 7. The van der Waals surface area contributed by atoms with Crippen molar-refractivity contribution in [2.75, 3.05) is 0 Å². The van der Waals surface area contributed by atoms with Gasteiger partial charge in [0.25, 0.3) is 0 Å². The van der Waals surface area contributed by atoms with E-state index in [2.05, 4.69) is 8.57 Å². The van der Waals surface area contributed by atoms with E-state index >= 15 is 0 Å². The summed E-state index contributed by atoms with van der Waals surface area (Å²) in [6, 6.07) is 0. The molecular weight excluding hydrogens is 232 g/mol. The van der Waals surface area contributed by atoms with Gasteiger partial charge in [-0.2, -0.15) is 4.21 Å². The first-order valence-corrected chi connectivity index (χ1v) is 2.23. The molecule has 0 bridgehead atoms. The Bertz CT molecular complexity index is 108. The third kappa shape index (κ3) is 23.1. The molecule has 0 saturated carbocycles. The maximum atomic E-state index is 9.72. The van der Waals surface area contributed by atoms with E-state index in [0.717, 1.165) is 0 Å². The van der Waals surface area contributed by atoms with Gasteiger partial charge in [0.2, 0.25) is 0 Å². The molecule has 0 rings (SSSR count). The molecule has 0 N–H and O–H groups in total. The summed E-state index contributed by atoms with van der Waals surface area (Å²) in [5, 5.41) is 3.36. The summed E-state index contributed by atoms with van der Waals surface area (Å²) >= 11 is -2.48. The van der Waals surface area contributed by atoms with E-state index in [4.69, 9.17) is 9.81 Å². The van der Waals surface area contributed by atoms with Crippen molar-refractivity contribution in [1.82, 2.24) is 0 Å². The average Bonchev–Trinajstić information content (AvgIpc) is 1.68. The van der Waals surface area contributed by atoms with Crippen LogP contribution in [0.4, 0.5) is 0 Å². The van der Waals surface area contributed by atoms with Gasteiger partial charge in [0.05, 0.1) is 0 Å². The molecule has 0 unspecified atom stereocenters. The summed E-state index contributed by atoms with van der Waals surface area (Å²) in [7, 11) is 0. The molecule has 0 atom stereocenters. The Morgan fingerprint density at radius 2 is 1.08 bits per heavy atom. The first-order valence-electron chi connectivity index (χ1n) is 1.23. The van der Waals surface area contributed by atoms with Crippen molar-refractivity contribution in [2.24, 2.45) is 10.7 Å². The van der Waals surface area contributed by atoms with Crippen molar-refractivity contribution in [3.8, 4) is 0 Å². The zero-order valence-electron chi connectivity index (χ0n) is 3.34. The van der Waals surface area contributed by atoms with Crippen LogP contribution in [0.25, 0.3) is 0 Å². The monoisotopic (exact) mass is 236 g/mol. The SMILES string of the molecule is O=NOS(=O)ON=O.[NaH].[NaH].[NaH].[NaH]. The number of hydrogen-bond donors (Lipinski definition) is 0. The van der Waals surface area contributed by atoms with Gasteiger partial charge < -0.3 is 0 Å². The first-order chi connectivity index (χ1) is 3.81. The van der Waals surface area contributed by atoms with Crippen molar-refractivity contribution >= 4 is 130 Å². The van der Waals surface area contributed by atoms with Crippen LogP contribution in [0.15, 0.2) is 10.7 Å². The molecular formula is H4N2Na4O5S. The minimum absolute atomic E-state index is 0. The summed E-state index contributed by atoms with van der Waals surface area (Å²) < 4.78 is 16.3. The van der Waals surface area contributed by atoms with Gasteiger partial charge in [0.1, 0.15) is 0 Å². The molecule has 0 fully saturated rings. The van der Waals surface area contributed by atoms with Crippen LogP contribution in [-0.4, -0.2) is 122 Å². The van der Waals surface area contributed by atoms with Crippen molar-refractivity contribution in [1.29, 1.82) is 0 Å². The van der Waals surface area contributed by atoms with Crippen LogP contribution in [0.3, 0.4) is 0 Å². The van der Waals surface area contributed by atoms with Crippen LogP contribution in [0.1, 0.15) is 0 Å². The Balaban J connectivity index is -0.0000000408. The fourth-order valence-electron chi connectivity index (χ4n) is 0.0633. The third-order valence-corrected chi connectivity index (χ3v) is 0.548. The number of nitrogens with zero attached hydrogens (tertiary/aromatic N) is 2. The van der Waals surface area contributed by atoms with E-state index in [-0.39, 0.29) is 118 Å². The molecule has 54 valence electrons. The van der Waals surface area contributed by atoms with Crippen LogP contribution in [0, 0.1) is 9.81 Å². The van der Waals surface area contributed by atoms with Gasteiger partial charge in [-0.05, 0) is 0 Å². The minimum atomic E-state index is -2.48. The normalized spacial score (nSPS) is 5.42. The summed E-state index contributed by atoms with van der Waals surface area (Å²) in [4.78, 5) is 18.0. The Labute approximate surface area is 159 Å². The molecule has 0 aliphatic heterocycles. The molecule has 0 aromatic rings. The number of rotatable bonds is 4. The predicted octanol–water partition coefficient (Wildman–Crippen LogP) is -2.63. The van der Waals surface area contributed by atoms with Gasteiger partial charge >= 0.3 is 130 Å². The molecule has 0 aliphatic rings. The second kappa shape index (κ2) is 23.6. The van der Waals surface area contributed by atoms with E-state index < -0.39 is 11.4 Å². The molecule has 0 spiro atoms. The Morgan fingerprint density at radius 3 is 1.25 bits per heavy atom. The third-order valence-electron chi connectivity index (χ3n) is 0.183. The van der Waals surface area contributed by atoms with Crippen molar-refractivity contribution in [2.45, 2.75) is 0 Å². The van der Waals surface area contributed by atoms with Crippen LogP contribution in [0.5, 0.6) is 0 Å². The van der Waals surface area contributed by atoms with Gasteiger partial charge in [0.15, 0.2) is 10.7 Å². The Hall–Kier alpha value is 2.95. The van der Waals surface area contributed by atoms with E-state index in [1.807, 2.05) is 0 Å². The van der Waals surface area contributed by atoms with E-state index in [1.165, 1.54) is 0 Å². The van der Waals surface area contributed by atoms with Crippen molar-refractivity contribution < 1.29 is 12.8 Å². The quantitative estimate of drug-likeness (QED) is 0.302. The Kier molecular flexibility index (Phi) is 57.9. The van der Waals surface area contributed by atoms with Gasteiger partial charge in [-0.1, -0.05) is 0 Å². The molecule has 0 aromatic heterocycles. The van der Waals surface area contributed by atoms with Crippen molar-refractivity contribution in [3.05, 3.63) is 9.81 Å². The zero-order valence-corrected chi connectivity index (χ0v) is 4.16. The summed E-state index contributed by atoms with van der Waals surface area (Å²) in [5.74, 6) is 0. The average molecular weight is 236 g/mol. The van der Waals surface area contributed by atoms with Crippen LogP contribution in [0.2, 0.25) is 0 Å². The standard InChI is InChI=1S/N2O5S.4Na.4H/c3-1-6-8(5)7-2-4;;;;;;;;. The molecule has 0 aliphatic carbocycles. The molecule has 0 radical (unpaired) electrons. The first kappa shape index (κ1) is 29.4. The summed E-state index contributed by atoms with van der Waals surface area (Å²) in [6.07, 6.45) is 0.